The standard InChI is InChI=1S/C12H23N3O2/c1-9(2)13-12(17)14-10(3)11(16)15-7-5-4-6-8-15/h9-10H,4-8H2,1-3H3,(H2,13,14,17). The van der Waals surface area contributed by atoms with Crippen LogP contribution in [0, 0.1) is 0 Å². The van der Waals surface area contributed by atoms with Crippen molar-refractivity contribution in [3.05, 3.63) is 0 Å². The number of carbonyl (C=O) groups is 2. The molecule has 5 heteroatoms. The largest absolute Gasteiger partial charge is 0.341 e. The van der Waals surface area contributed by atoms with Gasteiger partial charge in [-0.2, -0.15) is 0 Å². The molecule has 0 saturated carbocycles. The maximum Gasteiger partial charge on any atom is 0.315 e. The van der Waals surface area contributed by atoms with Crippen LogP contribution in [0.25, 0.3) is 0 Å². The number of likely N-dealkylation sites (tertiary alicyclic amines) is 1. The summed E-state index contributed by atoms with van der Waals surface area (Å²) in [4.78, 5) is 25.3. The van der Waals surface area contributed by atoms with Crippen LogP contribution in [0.3, 0.4) is 0 Å². The van der Waals surface area contributed by atoms with Crippen LogP contribution in [0.5, 0.6) is 0 Å². The molecule has 0 aromatic heterocycles. The first-order chi connectivity index (χ1) is 8.00. The van der Waals surface area contributed by atoms with Crippen molar-refractivity contribution in [3.8, 4) is 0 Å². The van der Waals surface area contributed by atoms with Crippen LogP contribution in [-0.2, 0) is 4.79 Å². The SMILES string of the molecule is CC(C)NC(=O)NC(C)C(=O)N1CCCCC1. The average molecular weight is 241 g/mol. The van der Waals surface area contributed by atoms with Crippen molar-refractivity contribution in [1.29, 1.82) is 0 Å². The number of hydrogen-bond acceptors (Lipinski definition) is 2. The summed E-state index contributed by atoms with van der Waals surface area (Å²) < 4.78 is 0. The van der Waals surface area contributed by atoms with Gasteiger partial charge in [-0.15, -0.1) is 0 Å². The number of carbonyl (C=O) groups excluding carboxylic acids is 2. The van der Waals surface area contributed by atoms with Crippen LogP contribution < -0.4 is 10.6 Å². The Morgan fingerprint density at radius 2 is 1.59 bits per heavy atom. The zero-order valence-electron chi connectivity index (χ0n) is 11.0. The Morgan fingerprint density at radius 3 is 2.12 bits per heavy atom. The summed E-state index contributed by atoms with van der Waals surface area (Å²) in [7, 11) is 0. The lowest BCUT2D eigenvalue weighted by atomic mass is 10.1. The van der Waals surface area contributed by atoms with Gasteiger partial charge < -0.3 is 15.5 Å². The number of amides is 3. The van der Waals surface area contributed by atoms with Gasteiger partial charge in [0, 0.05) is 19.1 Å². The minimum atomic E-state index is -0.452. The highest BCUT2D eigenvalue weighted by Gasteiger charge is 2.23. The average Bonchev–Trinajstić information content (AvgIpc) is 2.28. The summed E-state index contributed by atoms with van der Waals surface area (Å²) >= 11 is 0. The van der Waals surface area contributed by atoms with Crippen LogP contribution in [0.1, 0.15) is 40.0 Å². The molecule has 1 saturated heterocycles. The molecule has 2 N–H and O–H groups in total. The fourth-order valence-corrected chi connectivity index (χ4v) is 1.95. The van der Waals surface area contributed by atoms with Crippen LogP contribution in [0.15, 0.2) is 0 Å². The van der Waals surface area contributed by atoms with E-state index in [0.717, 1.165) is 25.9 Å². The molecule has 0 aliphatic carbocycles. The molecule has 1 rings (SSSR count). The maximum atomic E-state index is 12.0. The van der Waals surface area contributed by atoms with Crippen molar-refractivity contribution in [2.24, 2.45) is 0 Å². The fraction of sp³-hybridized carbons (Fsp3) is 0.833. The van der Waals surface area contributed by atoms with E-state index in [1.807, 2.05) is 18.7 Å². The minimum absolute atomic E-state index is 0.0172. The number of urea groups is 1. The molecule has 98 valence electrons. The quantitative estimate of drug-likeness (QED) is 0.777. The number of nitrogens with one attached hydrogen (secondary N) is 2. The first-order valence-electron chi connectivity index (χ1n) is 6.36. The second kappa shape index (κ2) is 6.47. The van der Waals surface area contributed by atoms with Gasteiger partial charge in [-0.3, -0.25) is 4.79 Å². The van der Waals surface area contributed by atoms with Crippen LogP contribution in [0.2, 0.25) is 0 Å². The Kier molecular flexibility index (Phi) is 5.25. The molecule has 0 radical (unpaired) electrons. The summed E-state index contributed by atoms with van der Waals surface area (Å²) in [5, 5.41) is 5.38. The summed E-state index contributed by atoms with van der Waals surface area (Å²) in [6, 6.07) is -0.656. The van der Waals surface area contributed by atoms with Gasteiger partial charge in [0.05, 0.1) is 0 Å². The lowest BCUT2D eigenvalue weighted by Gasteiger charge is -2.29. The lowest BCUT2D eigenvalue weighted by molar-refractivity contribution is -0.133. The van der Waals surface area contributed by atoms with Crippen LogP contribution >= 0.6 is 0 Å². The van der Waals surface area contributed by atoms with Gasteiger partial charge in [-0.05, 0) is 40.0 Å². The Bertz CT molecular complexity index is 273. The molecule has 5 nitrogen and oxygen atoms in total. The van der Waals surface area contributed by atoms with Gasteiger partial charge in [0.25, 0.3) is 0 Å². The van der Waals surface area contributed by atoms with Gasteiger partial charge in [0.1, 0.15) is 6.04 Å². The van der Waals surface area contributed by atoms with E-state index < -0.39 is 6.04 Å². The molecular weight excluding hydrogens is 218 g/mol. The van der Waals surface area contributed by atoms with Crippen molar-refractivity contribution in [1.82, 2.24) is 15.5 Å². The van der Waals surface area contributed by atoms with E-state index in [-0.39, 0.29) is 18.0 Å². The molecule has 1 unspecified atom stereocenters. The highest BCUT2D eigenvalue weighted by molar-refractivity contribution is 5.86. The second-order valence-electron chi connectivity index (χ2n) is 4.88. The highest BCUT2D eigenvalue weighted by atomic mass is 16.2. The van der Waals surface area contributed by atoms with Crippen LogP contribution in [0.4, 0.5) is 4.79 Å². The number of hydrogen-bond donors (Lipinski definition) is 2. The predicted octanol–water partition coefficient (Wildman–Crippen LogP) is 1.09. The molecule has 0 aromatic carbocycles. The molecule has 1 aliphatic heterocycles. The lowest BCUT2D eigenvalue weighted by Crippen LogP contribution is -2.51. The monoisotopic (exact) mass is 241 g/mol. The molecule has 0 bridgehead atoms. The van der Waals surface area contributed by atoms with Crippen molar-refractivity contribution in [2.75, 3.05) is 13.1 Å². The third-order valence-corrected chi connectivity index (χ3v) is 2.81. The Hall–Kier alpha value is -1.26. The minimum Gasteiger partial charge on any atom is -0.341 e. The van der Waals surface area contributed by atoms with E-state index in [4.69, 9.17) is 0 Å². The van der Waals surface area contributed by atoms with Gasteiger partial charge >= 0.3 is 6.03 Å². The third-order valence-electron chi connectivity index (χ3n) is 2.81. The molecule has 0 aromatic rings. The molecule has 1 aliphatic rings. The van der Waals surface area contributed by atoms with Crippen molar-refractivity contribution in [2.45, 2.75) is 52.1 Å². The third kappa shape index (κ3) is 4.63. The van der Waals surface area contributed by atoms with E-state index in [0.29, 0.717) is 0 Å². The molecule has 1 atom stereocenters. The zero-order chi connectivity index (χ0) is 12.8. The second-order valence-corrected chi connectivity index (χ2v) is 4.88. The van der Waals surface area contributed by atoms with Gasteiger partial charge in [0.2, 0.25) is 5.91 Å². The van der Waals surface area contributed by atoms with Crippen molar-refractivity contribution < 1.29 is 9.59 Å². The van der Waals surface area contributed by atoms with E-state index in [1.54, 1.807) is 6.92 Å². The summed E-state index contributed by atoms with van der Waals surface area (Å²) in [5.41, 5.74) is 0. The van der Waals surface area contributed by atoms with E-state index in [2.05, 4.69) is 10.6 Å². The molecule has 17 heavy (non-hydrogen) atoms. The smallest absolute Gasteiger partial charge is 0.315 e. The number of piperidine rings is 1. The predicted molar refractivity (Wildman–Crippen MR) is 66.7 cm³/mol. The molecular formula is C12H23N3O2. The van der Waals surface area contributed by atoms with Gasteiger partial charge in [-0.1, -0.05) is 0 Å². The van der Waals surface area contributed by atoms with Crippen molar-refractivity contribution in [3.63, 3.8) is 0 Å². The van der Waals surface area contributed by atoms with Crippen molar-refractivity contribution >= 4 is 11.9 Å². The van der Waals surface area contributed by atoms with E-state index in [9.17, 15) is 9.59 Å². The Balaban J connectivity index is 2.37. The zero-order valence-corrected chi connectivity index (χ0v) is 11.0. The molecule has 3 amide bonds. The van der Waals surface area contributed by atoms with E-state index in [1.165, 1.54) is 6.42 Å². The maximum absolute atomic E-state index is 12.0. The van der Waals surface area contributed by atoms with Gasteiger partial charge in [-0.25, -0.2) is 4.79 Å². The normalized spacial score (nSPS) is 17.8. The first-order valence-corrected chi connectivity index (χ1v) is 6.36. The number of nitrogens with zero attached hydrogens (tertiary/aromatic N) is 1. The van der Waals surface area contributed by atoms with Crippen LogP contribution in [-0.4, -0.2) is 42.0 Å². The number of rotatable bonds is 3. The Morgan fingerprint density at radius 1 is 1.00 bits per heavy atom. The van der Waals surface area contributed by atoms with Gasteiger partial charge in [0.15, 0.2) is 0 Å². The Labute approximate surface area is 103 Å². The van der Waals surface area contributed by atoms with E-state index >= 15 is 0 Å². The highest BCUT2D eigenvalue weighted by Crippen LogP contribution is 2.09. The summed E-state index contributed by atoms with van der Waals surface area (Å²) in [6.45, 7) is 7.14. The summed E-state index contributed by atoms with van der Waals surface area (Å²) in [6.07, 6.45) is 3.33. The molecule has 0 spiro atoms. The topological polar surface area (TPSA) is 61.4 Å². The first kappa shape index (κ1) is 13.8. The molecule has 1 heterocycles. The summed E-state index contributed by atoms with van der Waals surface area (Å²) in [5.74, 6) is 0.0172. The fourth-order valence-electron chi connectivity index (χ4n) is 1.95. The molecule has 1 fully saturated rings.